The third-order valence-electron chi connectivity index (χ3n) is 3.89. The summed E-state index contributed by atoms with van der Waals surface area (Å²) < 4.78 is 14.9. The summed E-state index contributed by atoms with van der Waals surface area (Å²) in [7, 11) is 0. The first kappa shape index (κ1) is 14.7. The van der Waals surface area contributed by atoms with Crippen molar-refractivity contribution >= 4 is 32.4 Å². The number of benzene rings is 1. The van der Waals surface area contributed by atoms with Crippen molar-refractivity contribution in [3.05, 3.63) is 36.9 Å². The summed E-state index contributed by atoms with van der Waals surface area (Å²) in [5.74, 6) is 1.22. The van der Waals surface area contributed by atoms with Crippen molar-refractivity contribution in [2.24, 2.45) is 0 Å². The van der Waals surface area contributed by atoms with E-state index in [1.54, 1.807) is 23.2 Å². The minimum atomic E-state index is -0.00175. The summed E-state index contributed by atoms with van der Waals surface area (Å²) in [6.07, 6.45) is 6.52. The van der Waals surface area contributed by atoms with Crippen LogP contribution in [0.3, 0.4) is 0 Å². The van der Waals surface area contributed by atoms with Crippen LogP contribution in [-0.4, -0.2) is 43.0 Å². The molecular weight excluding hydrogens is 355 g/mol. The number of nitrogens with zero attached hydrogens (tertiary/aromatic N) is 4. The Morgan fingerprint density at radius 1 is 1.13 bits per heavy atom. The molecule has 23 heavy (non-hydrogen) atoms. The van der Waals surface area contributed by atoms with E-state index in [1.165, 1.54) is 10.7 Å². The summed E-state index contributed by atoms with van der Waals surface area (Å²) in [6.45, 7) is 0.781. The molecule has 0 radical (unpaired) electrons. The van der Waals surface area contributed by atoms with Gasteiger partial charge in [0, 0.05) is 0 Å². The molecule has 0 bridgehead atoms. The fourth-order valence-electron chi connectivity index (χ4n) is 2.71. The van der Waals surface area contributed by atoms with Crippen LogP contribution in [-0.2, 0) is 4.74 Å². The van der Waals surface area contributed by atoms with Gasteiger partial charge in [-0.05, 0) is 6.42 Å². The zero-order valence-corrected chi connectivity index (χ0v) is 15.0. The molecule has 7 heteroatoms. The number of fused-ring (bicyclic) bond motifs is 1. The van der Waals surface area contributed by atoms with Gasteiger partial charge in [0.15, 0.2) is 0 Å². The van der Waals surface area contributed by atoms with Crippen LogP contribution in [0.2, 0.25) is 0 Å². The van der Waals surface area contributed by atoms with E-state index in [4.69, 9.17) is 9.47 Å². The van der Waals surface area contributed by atoms with Gasteiger partial charge in [-0.1, -0.05) is 0 Å². The first-order valence-electron chi connectivity index (χ1n) is 7.64. The van der Waals surface area contributed by atoms with Gasteiger partial charge in [0.2, 0.25) is 0 Å². The molecule has 6 nitrogen and oxygen atoms in total. The van der Waals surface area contributed by atoms with Gasteiger partial charge < -0.3 is 0 Å². The number of ether oxygens (including phenoxy) is 2. The number of hydrogen-bond donors (Lipinski definition) is 0. The van der Waals surface area contributed by atoms with E-state index in [1.807, 2.05) is 28.8 Å². The predicted octanol–water partition coefficient (Wildman–Crippen LogP) is 1.58. The Morgan fingerprint density at radius 2 is 2.00 bits per heavy atom. The maximum atomic E-state index is 5.89. The van der Waals surface area contributed by atoms with Gasteiger partial charge in [-0.15, -0.1) is 0 Å². The van der Waals surface area contributed by atoms with E-state index in [-0.39, 0.29) is 6.23 Å². The minimum absolute atomic E-state index is 0.00175. The van der Waals surface area contributed by atoms with Gasteiger partial charge in [0.1, 0.15) is 0 Å². The van der Waals surface area contributed by atoms with E-state index in [9.17, 15) is 0 Å². The van der Waals surface area contributed by atoms with Gasteiger partial charge in [-0.25, -0.2) is 0 Å². The van der Waals surface area contributed by atoms with Crippen molar-refractivity contribution in [1.29, 1.82) is 0 Å². The predicted molar refractivity (Wildman–Crippen MR) is 88.9 cm³/mol. The Hall–Kier alpha value is -1.91. The zero-order chi connectivity index (χ0) is 15.6. The number of aromatic nitrogens is 4. The Bertz CT molecular complexity index is 813. The molecule has 0 aliphatic carbocycles. The van der Waals surface area contributed by atoms with Crippen molar-refractivity contribution in [3.8, 4) is 11.6 Å². The number of rotatable bonds is 3. The van der Waals surface area contributed by atoms with Gasteiger partial charge in [0.25, 0.3) is 0 Å². The first-order valence-corrected chi connectivity index (χ1v) is 8.85. The first-order chi connectivity index (χ1) is 11.3. The zero-order valence-electron chi connectivity index (χ0n) is 12.6. The second-order valence-corrected chi connectivity index (χ2v) is 6.89. The molecule has 1 aromatic carbocycles. The normalized spacial score (nSPS) is 18.2. The molecule has 1 fully saturated rings. The third kappa shape index (κ3) is 2.96. The van der Waals surface area contributed by atoms with E-state index in [0.29, 0.717) is 11.4 Å². The SMILES string of the molecule is [AsH2]c1ccc(Oc2ncnc3c2ncn3C2CCCCO2)cc1. The quantitative estimate of drug-likeness (QED) is 0.654. The van der Waals surface area contributed by atoms with Crippen molar-refractivity contribution in [2.45, 2.75) is 25.5 Å². The summed E-state index contributed by atoms with van der Waals surface area (Å²) in [6, 6.07) is 7.93. The molecule has 1 aliphatic heterocycles. The standard InChI is InChI=1S/C16H17AsN4O2/c17-11-4-6-12(7-5-11)23-16-14-15(18-9-19-16)21(10-20-14)13-3-1-2-8-22-13/h4-7,9-10,13H,1-3,8,17H2. The van der Waals surface area contributed by atoms with Crippen LogP contribution >= 0.6 is 0 Å². The topological polar surface area (TPSA) is 62.1 Å². The summed E-state index contributed by atoms with van der Waals surface area (Å²) >= 11 is 1.58. The van der Waals surface area contributed by atoms with Crippen LogP contribution in [0.4, 0.5) is 0 Å². The molecule has 3 heterocycles. The fraction of sp³-hybridized carbons (Fsp3) is 0.312. The average Bonchev–Trinajstić information content (AvgIpc) is 3.03. The summed E-state index contributed by atoms with van der Waals surface area (Å²) in [5, 5.41) is 0. The van der Waals surface area contributed by atoms with Crippen LogP contribution in [0, 0.1) is 0 Å². The molecule has 0 spiro atoms. The van der Waals surface area contributed by atoms with Gasteiger partial charge in [-0.3, -0.25) is 0 Å². The summed E-state index contributed by atoms with van der Waals surface area (Å²) in [4.78, 5) is 13.0. The molecule has 2 unspecified atom stereocenters. The van der Waals surface area contributed by atoms with Crippen LogP contribution in [0.1, 0.15) is 25.5 Å². The third-order valence-corrected chi connectivity index (χ3v) is 4.69. The summed E-state index contributed by atoms with van der Waals surface area (Å²) in [5.41, 5.74) is 1.41. The second-order valence-electron chi connectivity index (χ2n) is 5.50. The molecule has 1 aliphatic rings. The Morgan fingerprint density at radius 3 is 2.78 bits per heavy atom. The molecule has 0 N–H and O–H groups in total. The fourth-order valence-corrected chi connectivity index (χ4v) is 3.11. The van der Waals surface area contributed by atoms with Gasteiger partial charge >= 0.3 is 136 Å². The number of imidazole rings is 1. The van der Waals surface area contributed by atoms with E-state index in [0.717, 1.165) is 37.3 Å². The maximum absolute atomic E-state index is 5.89. The molecule has 2 aromatic heterocycles. The van der Waals surface area contributed by atoms with Crippen molar-refractivity contribution in [1.82, 2.24) is 19.5 Å². The Kier molecular flexibility index (Phi) is 4.02. The number of hydrogen-bond acceptors (Lipinski definition) is 5. The Balaban J connectivity index is 1.68. The van der Waals surface area contributed by atoms with Crippen LogP contribution in [0.25, 0.3) is 11.2 Å². The van der Waals surface area contributed by atoms with Crippen LogP contribution < -0.4 is 9.09 Å². The monoisotopic (exact) mass is 372 g/mol. The van der Waals surface area contributed by atoms with E-state index >= 15 is 0 Å². The Labute approximate surface area is 142 Å². The van der Waals surface area contributed by atoms with Crippen LogP contribution in [0.5, 0.6) is 11.6 Å². The van der Waals surface area contributed by atoms with Crippen molar-refractivity contribution in [2.75, 3.05) is 6.61 Å². The van der Waals surface area contributed by atoms with Gasteiger partial charge in [-0.2, -0.15) is 0 Å². The van der Waals surface area contributed by atoms with Gasteiger partial charge in [0.05, 0.1) is 0 Å². The molecule has 1 saturated heterocycles. The average molecular weight is 372 g/mol. The van der Waals surface area contributed by atoms with Crippen molar-refractivity contribution < 1.29 is 9.47 Å². The molecule has 0 saturated carbocycles. The molecule has 0 amide bonds. The molecule has 2 atom stereocenters. The van der Waals surface area contributed by atoms with Crippen molar-refractivity contribution in [3.63, 3.8) is 0 Å². The van der Waals surface area contributed by atoms with Crippen LogP contribution in [0.15, 0.2) is 36.9 Å². The second kappa shape index (κ2) is 6.30. The molecular formula is C16H17AsN4O2. The molecule has 4 rings (SSSR count). The van der Waals surface area contributed by atoms with E-state index in [2.05, 4.69) is 15.0 Å². The molecule has 118 valence electrons. The molecule has 3 aromatic rings. The van der Waals surface area contributed by atoms with E-state index < -0.39 is 0 Å².